The summed E-state index contributed by atoms with van der Waals surface area (Å²) in [7, 11) is 2.49. The Balaban J connectivity index is 2.28. The number of hydrogen-bond acceptors (Lipinski definition) is 1. The molecule has 0 nitrogen and oxygen atoms in total. The van der Waals surface area contributed by atoms with Gasteiger partial charge < -0.3 is 0 Å². The first-order chi connectivity index (χ1) is 9.32. The lowest BCUT2D eigenvalue weighted by atomic mass is 9.76. The Morgan fingerprint density at radius 2 is 1.85 bits per heavy atom. The van der Waals surface area contributed by atoms with E-state index in [0.29, 0.717) is 9.24 Å². The number of hydrogen-bond donors (Lipinski definition) is 0. The Labute approximate surface area is 144 Å². The van der Waals surface area contributed by atoms with Gasteiger partial charge in [-0.3, -0.25) is 0 Å². The maximum Gasteiger partial charge on any atom is 0.122 e. The Bertz CT molecular complexity index is 373. The van der Waals surface area contributed by atoms with Crippen LogP contribution < -0.4 is 0 Å². The molecular weight excluding hydrogens is 374 g/mol. The highest BCUT2D eigenvalue weighted by Crippen LogP contribution is 2.53. The molecule has 3 unspecified atom stereocenters. The van der Waals surface area contributed by atoms with Crippen LogP contribution in [0.15, 0.2) is 10.5 Å². The van der Waals surface area contributed by atoms with E-state index in [-0.39, 0.29) is 0 Å². The molecular formula is C17H30BIS. The maximum atomic E-state index is 2.74. The number of fused-ring (bicyclic) bond motifs is 1. The quantitative estimate of drug-likeness (QED) is 0.337. The second-order valence-corrected chi connectivity index (χ2v) is 11.5. The predicted octanol–water partition coefficient (Wildman–Crippen LogP) is 5.40. The fourth-order valence-electron chi connectivity index (χ4n) is 3.96. The van der Waals surface area contributed by atoms with E-state index in [2.05, 4.69) is 69.9 Å². The molecule has 3 atom stereocenters. The molecule has 2 rings (SSSR count). The topological polar surface area (TPSA) is 0 Å². The molecule has 1 heterocycles. The third kappa shape index (κ3) is 4.00. The lowest BCUT2D eigenvalue weighted by Gasteiger charge is -2.29. The van der Waals surface area contributed by atoms with Gasteiger partial charge >= 0.3 is 0 Å². The van der Waals surface area contributed by atoms with Gasteiger partial charge in [0.1, 0.15) is 7.85 Å². The number of halogens is 1. The highest BCUT2D eigenvalue weighted by atomic mass is 127. The van der Waals surface area contributed by atoms with Crippen molar-refractivity contribution in [1.82, 2.24) is 0 Å². The number of alkyl halides is 1. The zero-order valence-corrected chi connectivity index (χ0v) is 16.8. The van der Waals surface area contributed by atoms with Gasteiger partial charge in [-0.1, -0.05) is 75.1 Å². The Morgan fingerprint density at radius 3 is 2.45 bits per heavy atom. The molecule has 1 saturated carbocycles. The van der Waals surface area contributed by atoms with E-state index in [9.17, 15) is 0 Å². The first-order valence-corrected chi connectivity index (χ1v) is 10.4. The predicted molar refractivity (Wildman–Crippen MR) is 105 cm³/mol. The van der Waals surface area contributed by atoms with E-state index in [1.165, 1.54) is 38.5 Å². The van der Waals surface area contributed by atoms with Crippen LogP contribution in [0, 0.1) is 17.8 Å². The maximum absolute atomic E-state index is 2.74. The van der Waals surface area contributed by atoms with Crippen molar-refractivity contribution in [1.29, 1.82) is 0 Å². The SMILES string of the molecule is BC1(I)CCCCCC2C(C(C)C)=C(C(C)C)SC2C1. The van der Waals surface area contributed by atoms with Crippen molar-refractivity contribution in [3.63, 3.8) is 0 Å². The van der Waals surface area contributed by atoms with Gasteiger partial charge in [0.05, 0.1) is 0 Å². The summed E-state index contributed by atoms with van der Waals surface area (Å²) >= 11 is 4.99. The summed E-state index contributed by atoms with van der Waals surface area (Å²) in [5.41, 5.74) is 1.82. The highest BCUT2D eigenvalue weighted by Gasteiger charge is 2.40. The zero-order chi connectivity index (χ0) is 14.9. The summed E-state index contributed by atoms with van der Waals surface area (Å²) in [5, 5.41) is 0.852. The van der Waals surface area contributed by atoms with E-state index in [1.54, 1.807) is 4.91 Å². The van der Waals surface area contributed by atoms with E-state index in [0.717, 1.165) is 17.1 Å². The second kappa shape index (κ2) is 6.98. The zero-order valence-electron chi connectivity index (χ0n) is 13.8. The normalized spacial score (nSPS) is 36.0. The smallest absolute Gasteiger partial charge is 0.122 e. The van der Waals surface area contributed by atoms with Crippen LogP contribution in [-0.4, -0.2) is 16.4 Å². The molecule has 0 bridgehead atoms. The molecule has 0 N–H and O–H groups in total. The minimum Gasteiger partial charge on any atom is -0.126 e. The lowest BCUT2D eigenvalue weighted by Crippen LogP contribution is -2.29. The molecule has 0 amide bonds. The molecule has 20 heavy (non-hydrogen) atoms. The van der Waals surface area contributed by atoms with Gasteiger partial charge in [-0.15, -0.1) is 11.8 Å². The Hall–Kier alpha value is 0.885. The van der Waals surface area contributed by atoms with Crippen molar-refractivity contribution < 1.29 is 0 Å². The summed E-state index contributed by atoms with van der Waals surface area (Å²) in [6, 6.07) is 0. The van der Waals surface area contributed by atoms with Crippen molar-refractivity contribution in [2.45, 2.75) is 74.8 Å². The average molecular weight is 404 g/mol. The molecule has 0 spiro atoms. The summed E-state index contributed by atoms with van der Waals surface area (Å²) in [4.78, 5) is 1.74. The van der Waals surface area contributed by atoms with Gasteiger partial charge in [0, 0.05) is 5.25 Å². The largest absolute Gasteiger partial charge is 0.126 e. The molecule has 1 aliphatic heterocycles. The Morgan fingerprint density at radius 1 is 1.15 bits per heavy atom. The summed E-state index contributed by atoms with van der Waals surface area (Å²) < 4.78 is 0.506. The van der Waals surface area contributed by atoms with Crippen molar-refractivity contribution in [2.24, 2.45) is 17.8 Å². The molecule has 114 valence electrons. The van der Waals surface area contributed by atoms with Crippen LogP contribution in [0.4, 0.5) is 0 Å². The van der Waals surface area contributed by atoms with Crippen LogP contribution in [0.5, 0.6) is 0 Å². The van der Waals surface area contributed by atoms with Gasteiger partial charge in [-0.05, 0) is 45.2 Å². The van der Waals surface area contributed by atoms with Gasteiger partial charge in [0.25, 0.3) is 0 Å². The van der Waals surface area contributed by atoms with Crippen LogP contribution in [-0.2, 0) is 0 Å². The fraction of sp³-hybridized carbons (Fsp3) is 0.882. The fourth-order valence-corrected chi connectivity index (χ4v) is 7.13. The van der Waals surface area contributed by atoms with Crippen molar-refractivity contribution >= 4 is 42.2 Å². The van der Waals surface area contributed by atoms with E-state index in [1.807, 2.05) is 5.57 Å². The third-order valence-electron chi connectivity index (χ3n) is 4.90. The van der Waals surface area contributed by atoms with Gasteiger partial charge in [-0.25, -0.2) is 0 Å². The summed E-state index contributed by atoms with van der Waals surface area (Å²) in [6.07, 6.45) is 8.56. The molecule has 3 heteroatoms. The molecule has 0 aromatic rings. The molecule has 0 radical (unpaired) electrons. The first-order valence-electron chi connectivity index (χ1n) is 8.41. The van der Waals surface area contributed by atoms with Crippen LogP contribution >= 0.6 is 34.4 Å². The van der Waals surface area contributed by atoms with Crippen molar-refractivity contribution in [3.05, 3.63) is 10.5 Å². The minimum atomic E-state index is 0.506. The number of thioether (sulfide) groups is 1. The summed E-state index contributed by atoms with van der Waals surface area (Å²) in [6.45, 7) is 9.60. The molecule has 2 aliphatic rings. The first kappa shape index (κ1) is 17.2. The minimum absolute atomic E-state index is 0.506. The second-order valence-electron chi connectivity index (χ2n) is 7.61. The third-order valence-corrected chi connectivity index (χ3v) is 7.64. The highest BCUT2D eigenvalue weighted by molar-refractivity contribution is 14.1. The van der Waals surface area contributed by atoms with Crippen LogP contribution in [0.25, 0.3) is 0 Å². The Kier molecular flexibility index (Phi) is 6.01. The molecule has 0 aromatic heterocycles. The van der Waals surface area contributed by atoms with E-state index >= 15 is 0 Å². The van der Waals surface area contributed by atoms with E-state index in [4.69, 9.17) is 0 Å². The van der Waals surface area contributed by atoms with Crippen LogP contribution in [0.1, 0.15) is 66.2 Å². The molecule has 0 aromatic carbocycles. The number of allylic oxidation sites excluding steroid dienone is 2. The molecule has 1 fully saturated rings. The van der Waals surface area contributed by atoms with Gasteiger partial charge in [0.15, 0.2) is 0 Å². The van der Waals surface area contributed by atoms with Crippen LogP contribution in [0.2, 0.25) is 0 Å². The molecule has 0 saturated heterocycles. The lowest BCUT2D eigenvalue weighted by molar-refractivity contribution is 0.466. The van der Waals surface area contributed by atoms with Crippen LogP contribution in [0.3, 0.4) is 0 Å². The molecule has 1 aliphatic carbocycles. The average Bonchev–Trinajstić information content (AvgIpc) is 2.68. The van der Waals surface area contributed by atoms with Gasteiger partial charge in [-0.2, -0.15) is 0 Å². The summed E-state index contributed by atoms with van der Waals surface area (Å²) in [5.74, 6) is 2.31. The van der Waals surface area contributed by atoms with Gasteiger partial charge in [0.2, 0.25) is 0 Å². The van der Waals surface area contributed by atoms with Crippen molar-refractivity contribution in [3.8, 4) is 0 Å². The van der Waals surface area contributed by atoms with E-state index < -0.39 is 0 Å². The standard InChI is InChI=1S/C17H30BIS/c1-11(2)15-13-8-6-5-7-9-17(18,19)10-14(13)20-16(15)12(3)4/h11-14H,5-10,18H2,1-4H3. The number of rotatable bonds is 2. The monoisotopic (exact) mass is 404 g/mol. The van der Waals surface area contributed by atoms with Crippen molar-refractivity contribution in [2.75, 3.05) is 0 Å².